The van der Waals surface area contributed by atoms with E-state index in [-0.39, 0.29) is 18.2 Å². The number of nitrogens with zero attached hydrogens (tertiary/aromatic N) is 1. The molecule has 27 heavy (non-hydrogen) atoms. The molecule has 5 nitrogen and oxygen atoms in total. The molecule has 0 atom stereocenters. The molecule has 0 bridgehead atoms. The number of thiophene rings is 1. The lowest BCUT2D eigenvalue weighted by Crippen LogP contribution is -2.21. The molecule has 2 aromatic carbocycles. The summed E-state index contributed by atoms with van der Waals surface area (Å²) >= 11 is 1.34. The van der Waals surface area contributed by atoms with Crippen LogP contribution in [0.2, 0.25) is 0 Å². The highest BCUT2D eigenvalue weighted by atomic mass is 32.1. The highest BCUT2D eigenvalue weighted by molar-refractivity contribution is 7.12. The van der Waals surface area contributed by atoms with E-state index < -0.39 is 0 Å². The number of anilines is 1. The normalized spacial score (nSPS) is 11.1. The van der Waals surface area contributed by atoms with Crippen molar-refractivity contribution in [3.63, 3.8) is 0 Å². The van der Waals surface area contributed by atoms with Crippen molar-refractivity contribution in [3.8, 4) is 11.1 Å². The van der Waals surface area contributed by atoms with Gasteiger partial charge in [-0.1, -0.05) is 54.6 Å². The van der Waals surface area contributed by atoms with E-state index in [1.54, 1.807) is 19.1 Å². The SMILES string of the molecule is C/C(CC(=O)Nc1ccccc1-c1ccccc1)=N/NC(=O)c1cccs1. The van der Waals surface area contributed by atoms with Crippen LogP contribution in [0, 0.1) is 0 Å². The maximum atomic E-state index is 12.4. The molecule has 0 aliphatic heterocycles. The fourth-order valence-corrected chi connectivity index (χ4v) is 3.15. The van der Waals surface area contributed by atoms with Crippen LogP contribution in [0.1, 0.15) is 23.0 Å². The smallest absolute Gasteiger partial charge is 0.281 e. The molecule has 2 amide bonds. The summed E-state index contributed by atoms with van der Waals surface area (Å²) in [5.74, 6) is -0.468. The Hall–Kier alpha value is -3.25. The second-order valence-corrected chi connectivity index (χ2v) is 6.85. The summed E-state index contributed by atoms with van der Waals surface area (Å²) in [5, 5.41) is 8.75. The zero-order valence-electron chi connectivity index (χ0n) is 14.8. The molecule has 1 heterocycles. The van der Waals surface area contributed by atoms with Crippen molar-refractivity contribution in [3.05, 3.63) is 77.0 Å². The lowest BCUT2D eigenvalue weighted by molar-refractivity contribution is -0.115. The van der Waals surface area contributed by atoms with Gasteiger partial charge >= 0.3 is 0 Å². The van der Waals surface area contributed by atoms with Gasteiger partial charge in [0.1, 0.15) is 0 Å². The van der Waals surface area contributed by atoms with E-state index in [1.165, 1.54) is 11.3 Å². The first-order chi connectivity index (χ1) is 13.1. The second kappa shape index (κ2) is 8.91. The van der Waals surface area contributed by atoms with Gasteiger partial charge in [-0.05, 0) is 30.0 Å². The number of para-hydroxylation sites is 1. The molecule has 0 fully saturated rings. The molecule has 0 aliphatic carbocycles. The first-order valence-electron chi connectivity index (χ1n) is 8.45. The molecule has 3 aromatic rings. The zero-order chi connectivity index (χ0) is 19.1. The number of benzene rings is 2. The van der Waals surface area contributed by atoms with E-state index in [9.17, 15) is 9.59 Å². The number of carbonyl (C=O) groups is 2. The average molecular weight is 377 g/mol. The molecule has 6 heteroatoms. The van der Waals surface area contributed by atoms with Crippen molar-refractivity contribution in [1.82, 2.24) is 5.43 Å². The zero-order valence-corrected chi connectivity index (χ0v) is 15.6. The third kappa shape index (κ3) is 5.12. The summed E-state index contributed by atoms with van der Waals surface area (Å²) in [6.45, 7) is 1.71. The molecule has 136 valence electrons. The van der Waals surface area contributed by atoms with E-state index >= 15 is 0 Å². The Bertz CT molecular complexity index is 951. The van der Waals surface area contributed by atoms with Crippen LogP contribution in [0.15, 0.2) is 77.2 Å². The monoisotopic (exact) mass is 377 g/mol. The van der Waals surface area contributed by atoms with E-state index in [2.05, 4.69) is 15.8 Å². The van der Waals surface area contributed by atoms with Crippen LogP contribution in [0.25, 0.3) is 11.1 Å². The lowest BCUT2D eigenvalue weighted by atomic mass is 10.0. The predicted octanol–water partition coefficient (Wildman–Crippen LogP) is 4.55. The number of hydrazone groups is 1. The van der Waals surface area contributed by atoms with Crippen molar-refractivity contribution in [2.75, 3.05) is 5.32 Å². The number of hydrogen-bond donors (Lipinski definition) is 2. The van der Waals surface area contributed by atoms with Crippen molar-refractivity contribution < 1.29 is 9.59 Å². The predicted molar refractivity (Wildman–Crippen MR) is 110 cm³/mol. The largest absolute Gasteiger partial charge is 0.325 e. The minimum absolute atomic E-state index is 0.0911. The molecule has 0 radical (unpaired) electrons. The van der Waals surface area contributed by atoms with Crippen LogP contribution in [-0.4, -0.2) is 17.5 Å². The summed E-state index contributed by atoms with van der Waals surface area (Å²) < 4.78 is 0. The van der Waals surface area contributed by atoms with Gasteiger partial charge in [-0.25, -0.2) is 5.43 Å². The third-order valence-corrected chi connectivity index (χ3v) is 4.66. The van der Waals surface area contributed by atoms with Gasteiger partial charge in [-0.2, -0.15) is 5.10 Å². The van der Waals surface area contributed by atoms with Gasteiger partial charge in [0.2, 0.25) is 5.91 Å². The van der Waals surface area contributed by atoms with Crippen molar-refractivity contribution in [2.24, 2.45) is 5.10 Å². The molecule has 1 aromatic heterocycles. The van der Waals surface area contributed by atoms with Gasteiger partial charge in [0, 0.05) is 17.0 Å². The first-order valence-corrected chi connectivity index (χ1v) is 9.33. The highest BCUT2D eigenvalue weighted by Gasteiger charge is 2.10. The van der Waals surface area contributed by atoms with Gasteiger partial charge < -0.3 is 5.32 Å². The molecule has 3 rings (SSSR count). The van der Waals surface area contributed by atoms with Crippen molar-refractivity contribution in [2.45, 2.75) is 13.3 Å². The quantitative estimate of drug-likeness (QED) is 0.489. The summed E-state index contributed by atoms with van der Waals surface area (Å²) in [4.78, 5) is 24.8. The Morgan fingerprint density at radius 3 is 2.44 bits per heavy atom. The van der Waals surface area contributed by atoms with E-state index in [1.807, 2.05) is 60.0 Å². The molecule has 2 N–H and O–H groups in total. The van der Waals surface area contributed by atoms with Gasteiger partial charge in [-0.15, -0.1) is 11.3 Å². The molecule has 0 saturated heterocycles. The average Bonchev–Trinajstić information content (AvgIpc) is 3.22. The van der Waals surface area contributed by atoms with Gasteiger partial charge in [-0.3, -0.25) is 9.59 Å². The van der Waals surface area contributed by atoms with E-state index in [0.29, 0.717) is 10.6 Å². The molecule has 0 saturated carbocycles. The number of hydrogen-bond acceptors (Lipinski definition) is 4. The van der Waals surface area contributed by atoms with Crippen LogP contribution in [0.4, 0.5) is 5.69 Å². The number of nitrogens with one attached hydrogen (secondary N) is 2. The van der Waals surface area contributed by atoms with Crippen LogP contribution < -0.4 is 10.7 Å². The van der Waals surface area contributed by atoms with Crippen LogP contribution in [0.3, 0.4) is 0 Å². The number of rotatable bonds is 6. The fourth-order valence-electron chi connectivity index (χ4n) is 2.54. The van der Waals surface area contributed by atoms with E-state index in [4.69, 9.17) is 0 Å². The molecular weight excluding hydrogens is 358 g/mol. The Morgan fingerprint density at radius 1 is 0.963 bits per heavy atom. The van der Waals surface area contributed by atoms with Gasteiger partial charge in [0.25, 0.3) is 5.91 Å². The summed E-state index contributed by atoms with van der Waals surface area (Å²) in [5.41, 5.74) is 5.71. The third-order valence-electron chi connectivity index (χ3n) is 3.80. The van der Waals surface area contributed by atoms with Crippen LogP contribution >= 0.6 is 11.3 Å². The standard InChI is InChI=1S/C21H19N3O2S/c1-15(23-24-21(26)19-12-7-13-27-19)14-20(25)22-18-11-6-5-10-17(18)16-8-3-2-4-9-16/h2-13H,14H2,1H3,(H,22,25)(H,24,26)/b23-15-. The number of carbonyl (C=O) groups excluding carboxylic acids is 2. The Morgan fingerprint density at radius 2 is 1.70 bits per heavy atom. The maximum Gasteiger partial charge on any atom is 0.281 e. The Labute approximate surface area is 161 Å². The second-order valence-electron chi connectivity index (χ2n) is 5.90. The van der Waals surface area contributed by atoms with E-state index in [0.717, 1.165) is 16.8 Å². The molecule has 0 unspecified atom stereocenters. The highest BCUT2D eigenvalue weighted by Crippen LogP contribution is 2.27. The molecule has 0 spiro atoms. The molecular formula is C21H19N3O2S. The minimum atomic E-state index is -0.279. The van der Waals surface area contributed by atoms with Gasteiger partial charge in [0.15, 0.2) is 0 Å². The lowest BCUT2D eigenvalue weighted by Gasteiger charge is -2.11. The fraction of sp³-hybridized carbons (Fsp3) is 0.0952. The molecule has 0 aliphatic rings. The number of amides is 2. The topological polar surface area (TPSA) is 70.6 Å². The summed E-state index contributed by atoms with van der Waals surface area (Å²) in [6, 6.07) is 21.0. The van der Waals surface area contributed by atoms with Gasteiger partial charge in [0.05, 0.1) is 11.3 Å². The first kappa shape index (κ1) is 18.5. The van der Waals surface area contributed by atoms with Crippen LogP contribution in [0.5, 0.6) is 0 Å². The maximum absolute atomic E-state index is 12.4. The van der Waals surface area contributed by atoms with Crippen molar-refractivity contribution >= 4 is 34.6 Å². The van der Waals surface area contributed by atoms with Crippen LogP contribution in [-0.2, 0) is 4.79 Å². The Kier molecular flexibility index (Phi) is 6.12. The minimum Gasteiger partial charge on any atom is -0.325 e. The summed E-state index contributed by atoms with van der Waals surface area (Å²) in [6.07, 6.45) is 0.0911. The summed E-state index contributed by atoms with van der Waals surface area (Å²) in [7, 11) is 0. The Balaban J connectivity index is 1.63. The van der Waals surface area contributed by atoms with Crippen molar-refractivity contribution in [1.29, 1.82) is 0 Å².